The molecule has 0 radical (unpaired) electrons. The molecule has 1 aliphatic carbocycles. The Morgan fingerprint density at radius 2 is 1.58 bits per heavy atom. The van der Waals surface area contributed by atoms with Gasteiger partial charge in [-0.2, -0.15) is 0 Å². The Morgan fingerprint density at radius 1 is 0.895 bits per heavy atom. The van der Waals surface area contributed by atoms with Crippen molar-refractivity contribution in [2.75, 3.05) is 4.90 Å². The van der Waals surface area contributed by atoms with Crippen LogP contribution in [0.2, 0.25) is 0 Å². The fraction of sp³-hybridized carbons (Fsp3) is 0.250. The number of hydrogen-bond donors (Lipinski definition) is 0. The smallest absolute Gasteiger partial charge is 0.258 e. The molecule has 3 heteroatoms. The highest BCUT2D eigenvalue weighted by Crippen LogP contribution is 2.28. The van der Waals surface area contributed by atoms with Crippen molar-refractivity contribution < 1.29 is 9.59 Å². The summed E-state index contributed by atoms with van der Waals surface area (Å²) in [4.78, 5) is 24.4. The molecular formula is C16H15NO2. The van der Waals surface area contributed by atoms with Crippen LogP contribution in [0.1, 0.15) is 31.2 Å². The summed E-state index contributed by atoms with van der Waals surface area (Å²) in [6, 6.07) is 7.66. The van der Waals surface area contributed by atoms with E-state index in [1.165, 1.54) is 41.0 Å². The second-order valence-corrected chi connectivity index (χ2v) is 4.87. The predicted molar refractivity (Wildman–Crippen MR) is 74.5 cm³/mol. The van der Waals surface area contributed by atoms with Crippen LogP contribution in [0.15, 0.2) is 42.5 Å². The molecule has 3 nitrogen and oxygen atoms in total. The second kappa shape index (κ2) is 4.84. The first kappa shape index (κ1) is 11.9. The van der Waals surface area contributed by atoms with Gasteiger partial charge in [-0.15, -0.1) is 0 Å². The van der Waals surface area contributed by atoms with E-state index in [2.05, 4.69) is 6.08 Å². The van der Waals surface area contributed by atoms with Gasteiger partial charge in [0, 0.05) is 12.2 Å². The van der Waals surface area contributed by atoms with Crippen LogP contribution in [0, 0.1) is 0 Å². The van der Waals surface area contributed by atoms with E-state index in [1.807, 2.05) is 24.3 Å². The maximum absolute atomic E-state index is 11.6. The van der Waals surface area contributed by atoms with Gasteiger partial charge in [-0.1, -0.05) is 18.2 Å². The Balaban J connectivity index is 1.85. The van der Waals surface area contributed by atoms with Gasteiger partial charge < -0.3 is 0 Å². The zero-order chi connectivity index (χ0) is 13.2. The number of benzene rings is 1. The van der Waals surface area contributed by atoms with Gasteiger partial charge in [-0.05, 0) is 49.0 Å². The Hall–Kier alpha value is -2.16. The lowest BCUT2D eigenvalue weighted by Crippen LogP contribution is -2.29. The summed E-state index contributed by atoms with van der Waals surface area (Å²) in [5, 5.41) is 0. The molecular weight excluding hydrogens is 238 g/mol. The van der Waals surface area contributed by atoms with Crippen molar-refractivity contribution in [2.45, 2.75) is 25.7 Å². The zero-order valence-corrected chi connectivity index (χ0v) is 10.6. The van der Waals surface area contributed by atoms with Gasteiger partial charge in [-0.3, -0.25) is 9.59 Å². The lowest BCUT2D eigenvalue weighted by molar-refractivity contribution is -0.119. The number of carbonyl (C=O) groups excluding carboxylic acids is 2. The summed E-state index contributed by atoms with van der Waals surface area (Å²) in [6.07, 6.45) is 9.66. The minimum Gasteiger partial charge on any atom is -0.269 e. The monoisotopic (exact) mass is 253 g/mol. The Labute approximate surface area is 112 Å². The van der Waals surface area contributed by atoms with Crippen LogP contribution in [-0.4, -0.2) is 11.8 Å². The molecule has 3 rings (SSSR count). The minimum absolute atomic E-state index is 0.269. The van der Waals surface area contributed by atoms with E-state index in [0.29, 0.717) is 5.69 Å². The zero-order valence-electron chi connectivity index (χ0n) is 10.6. The predicted octanol–water partition coefficient (Wildman–Crippen LogP) is 3.07. The fourth-order valence-corrected chi connectivity index (χ4v) is 2.58. The summed E-state index contributed by atoms with van der Waals surface area (Å²) in [5.74, 6) is -0.538. The molecule has 0 saturated carbocycles. The molecule has 1 aromatic carbocycles. The van der Waals surface area contributed by atoms with E-state index < -0.39 is 0 Å². The third-order valence-electron chi connectivity index (χ3n) is 3.60. The van der Waals surface area contributed by atoms with E-state index in [4.69, 9.17) is 0 Å². The SMILES string of the molecule is O=C1C=CC(=O)N1c1ccc(C2=CCCCC2)cc1. The second-order valence-electron chi connectivity index (χ2n) is 4.87. The topological polar surface area (TPSA) is 37.4 Å². The molecule has 0 N–H and O–H groups in total. The molecule has 0 spiro atoms. The molecule has 0 atom stereocenters. The molecule has 2 aliphatic rings. The van der Waals surface area contributed by atoms with Crippen LogP contribution >= 0.6 is 0 Å². The highest BCUT2D eigenvalue weighted by molar-refractivity contribution is 6.28. The third kappa shape index (κ3) is 2.24. The Kier molecular flexibility index (Phi) is 3.03. The van der Waals surface area contributed by atoms with E-state index in [1.54, 1.807) is 0 Å². The van der Waals surface area contributed by atoms with Gasteiger partial charge in [-0.25, -0.2) is 4.90 Å². The van der Waals surface area contributed by atoms with Gasteiger partial charge in [0.25, 0.3) is 11.8 Å². The normalized spacial score (nSPS) is 18.9. The number of amides is 2. The van der Waals surface area contributed by atoms with E-state index in [-0.39, 0.29) is 11.8 Å². The number of allylic oxidation sites excluding steroid dienone is 2. The molecule has 0 bridgehead atoms. The summed E-state index contributed by atoms with van der Waals surface area (Å²) in [5.41, 5.74) is 3.20. The number of imide groups is 1. The average Bonchev–Trinajstić information content (AvgIpc) is 2.79. The van der Waals surface area contributed by atoms with Crippen LogP contribution in [0.3, 0.4) is 0 Å². The number of hydrogen-bond acceptors (Lipinski definition) is 2. The van der Waals surface area contributed by atoms with Crippen LogP contribution in [0.5, 0.6) is 0 Å². The van der Waals surface area contributed by atoms with E-state index in [0.717, 1.165) is 12.8 Å². The van der Waals surface area contributed by atoms with Crippen molar-refractivity contribution in [3.63, 3.8) is 0 Å². The summed E-state index contributed by atoms with van der Waals surface area (Å²) in [6.45, 7) is 0. The standard InChI is InChI=1S/C16H15NO2/c18-15-10-11-16(19)17(15)14-8-6-13(7-9-14)12-4-2-1-3-5-12/h4,6-11H,1-3,5H2. The average molecular weight is 253 g/mol. The minimum atomic E-state index is -0.269. The van der Waals surface area contributed by atoms with Gasteiger partial charge >= 0.3 is 0 Å². The molecule has 1 aromatic rings. The van der Waals surface area contributed by atoms with Crippen molar-refractivity contribution in [3.8, 4) is 0 Å². The Bertz CT molecular complexity index is 563. The summed E-state index contributed by atoms with van der Waals surface area (Å²) < 4.78 is 0. The van der Waals surface area contributed by atoms with Crippen molar-refractivity contribution in [1.29, 1.82) is 0 Å². The summed E-state index contributed by atoms with van der Waals surface area (Å²) in [7, 11) is 0. The van der Waals surface area contributed by atoms with Crippen molar-refractivity contribution >= 4 is 23.1 Å². The molecule has 1 heterocycles. The van der Waals surface area contributed by atoms with Crippen LogP contribution in [0.25, 0.3) is 5.57 Å². The van der Waals surface area contributed by atoms with Gasteiger partial charge in [0.05, 0.1) is 5.69 Å². The van der Waals surface area contributed by atoms with Crippen molar-refractivity contribution in [3.05, 3.63) is 48.1 Å². The van der Waals surface area contributed by atoms with Crippen LogP contribution < -0.4 is 4.90 Å². The van der Waals surface area contributed by atoms with Crippen molar-refractivity contribution in [2.24, 2.45) is 0 Å². The van der Waals surface area contributed by atoms with E-state index >= 15 is 0 Å². The highest BCUT2D eigenvalue weighted by atomic mass is 16.2. The molecule has 19 heavy (non-hydrogen) atoms. The first-order valence-corrected chi connectivity index (χ1v) is 6.61. The third-order valence-corrected chi connectivity index (χ3v) is 3.60. The van der Waals surface area contributed by atoms with Crippen molar-refractivity contribution in [1.82, 2.24) is 0 Å². The van der Waals surface area contributed by atoms with Crippen LogP contribution in [-0.2, 0) is 9.59 Å². The number of carbonyl (C=O) groups is 2. The van der Waals surface area contributed by atoms with Crippen LogP contribution in [0.4, 0.5) is 5.69 Å². The maximum Gasteiger partial charge on any atom is 0.258 e. The number of nitrogens with zero attached hydrogens (tertiary/aromatic N) is 1. The van der Waals surface area contributed by atoms with Gasteiger partial charge in [0.15, 0.2) is 0 Å². The lowest BCUT2D eigenvalue weighted by Gasteiger charge is -2.16. The maximum atomic E-state index is 11.6. The molecule has 96 valence electrons. The largest absolute Gasteiger partial charge is 0.269 e. The molecule has 0 aromatic heterocycles. The first-order valence-electron chi connectivity index (χ1n) is 6.61. The molecule has 0 unspecified atom stereocenters. The summed E-state index contributed by atoms with van der Waals surface area (Å²) >= 11 is 0. The molecule has 0 saturated heterocycles. The lowest BCUT2D eigenvalue weighted by atomic mass is 9.93. The molecule has 0 fully saturated rings. The molecule has 1 aliphatic heterocycles. The van der Waals surface area contributed by atoms with E-state index in [9.17, 15) is 9.59 Å². The quantitative estimate of drug-likeness (QED) is 0.759. The fourth-order valence-electron chi connectivity index (χ4n) is 2.58. The number of anilines is 1. The highest BCUT2D eigenvalue weighted by Gasteiger charge is 2.24. The van der Waals surface area contributed by atoms with Gasteiger partial charge in [0.1, 0.15) is 0 Å². The van der Waals surface area contributed by atoms with Gasteiger partial charge in [0.2, 0.25) is 0 Å². The first-order chi connectivity index (χ1) is 9.25. The Morgan fingerprint density at radius 3 is 2.16 bits per heavy atom. The molecule has 2 amide bonds. The number of rotatable bonds is 2.